The fourth-order valence-electron chi connectivity index (χ4n) is 1.89. The van der Waals surface area contributed by atoms with Crippen LogP contribution in [0.15, 0.2) is 48.8 Å². The van der Waals surface area contributed by atoms with Crippen LogP contribution in [0, 0.1) is 0 Å². The molecule has 2 aromatic rings. The molecule has 0 bridgehead atoms. The van der Waals surface area contributed by atoms with E-state index in [2.05, 4.69) is 4.98 Å². The zero-order valence-corrected chi connectivity index (χ0v) is 11.6. The van der Waals surface area contributed by atoms with E-state index in [1.54, 1.807) is 11.0 Å². The maximum atomic E-state index is 12.4. The van der Waals surface area contributed by atoms with E-state index in [4.69, 9.17) is 16.7 Å². The van der Waals surface area contributed by atoms with Gasteiger partial charge in [0.25, 0.3) is 5.91 Å². The molecule has 0 saturated heterocycles. The number of aromatic nitrogens is 1. The lowest BCUT2D eigenvalue weighted by molar-refractivity contribution is 0.0707. The topological polar surface area (TPSA) is 53.4 Å². The molecule has 0 saturated carbocycles. The van der Waals surface area contributed by atoms with Gasteiger partial charge in [0.2, 0.25) is 0 Å². The van der Waals surface area contributed by atoms with Crippen LogP contribution in [-0.4, -0.2) is 34.0 Å². The number of carbonyl (C=O) groups excluding carboxylic acids is 1. The molecule has 0 spiro atoms. The van der Waals surface area contributed by atoms with Gasteiger partial charge in [0.05, 0.1) is 17.2 Å². The normalized spacial score (nSPS) is 10.3. The summed E-state index contributed by atoms with van der Waals surface area (Å²) in [4.78, 5) is 17.9. The number of benzene rings is 1. The second-order valence-electron chi connectivity index (χ2n) is 4.33. The van der Waals surface area contributed by atoms with E-state index in [0.29, 0.717) is 17.1 Å². The Balaban J connectivity index is 2.18. The highest BCUT2D eigenvalue weighted by molar-refractivity contribution is 6.30. The van der Waals surface area contributed by atoms with Gasteiger partial charge in [-0.3, -0.25) is 9.78 Å². The van der Waals surface area contributed by atoms with Gasteiger partial charge >= 0.3 is 0 Å². The smallest absolute Gasteiger partial charge is 0.255 e. The molecule has 2 rings (SSSR count). The number of aliphatic hydroxyl groups is 1. The fourth-order valence-corrected chi connectivity index (χ4v) is 2.06. The number of hydrogen-bond donors (Lipinski definition) is 1. The molecule has 1 amide bonds. The van der Waals surface area contributed by atoms with Crippen molar-refractivity contribution >= 4 is 17.5 Å². The Morgan fingerprint density at radius 1 is 1.25 bits per heavy atom. The maximum absolute atomic E-state index is 12.4. The van der Waals surface area contributed by atoms with Gasteiger partial charge in [0, 0.05) is 25.5 Å². The van der Waals surface area contributed by atoms with Gasteiger partial charge in [0.1, 0.15) is 0 Å². The van der Waals surface area contributed by atoms with Crippen LogP contribution in [0.25, 0.3) is 0 Å². The molecule has 0 atom stereocenters. The predicted octanol–water partition coefficient (Wildman–Crippen LogP) is 2.37. The minimum absolute atomic E-state index is 0.0907. The van der Waals surface area contributed by atoms with Gasteiger partial charge in [0.15, 0.2) is 0 Å². The van der Waals surface area contributed by atoms with Crippen molar-refractivity contribution in [1.82, 2.24) is 9.88 Å². The molecule has 0 unspecified atom stereocenters. The van der Waals surface area contributed by atoms with Crippen LogP contribution in [0.5, 0.6) is 0 Å². The lowest BCUT2D eigenvalue weighted by atomic mass is 10.2. The summed E-state index contributed by atoms with van der Waals surface area (Å²) in [5, 5.41) is 9.55. The van der Waals surface area contributed by atoms with Gasteiger partial charge in [-0.15, -0.1) is 0 Å². The quantitative estimate of drug-likeness (QED) is 0.920. The highest BCUT2D eigenvalue weighted by Crippen LogP contribution is 2.13. The molecule has 4 nitrogen and oxygen atoms in total. The number of hydrogen-bond acceptors (Lipinski definition) is 3. The molecule has 1 N–H and O–H groups in total. The molecule has 1 heterocycles. The molecule has 0 radical (unpaired) electrons. The van der Waals surface area contributed by atoms with Gasteiger partial charge < -0.3 is 10.0 Å². The van der Waals surface area contributed by atoms with Crippen molar-refractivity contribution in [3.8, 4) is 0 Å². The first kappa shape index (κ1) is 14.5. The average Bonchev–Trinajstić information content (AvgIpc) is 2.47. The van der Waals surface area contributed by atoms with E-state index in [-0.39, 0.29) is 19.1 Å². The number of aliphatic hydroxyl groups excluding tert-OH is 1. The second kappa shape index (κ2) is 7.03. The number of rotatable bonds is 5. The van der Waals surface area contributed by atoms with Crippen LogP contribution in [0.4, 0.5) is 0 Å². The number of amides is 1. The van der Waals surface area contributed by atoms with Crippen molar-refractivity contribution in [3.05, 3.63) is 64.9 Å². The zero-order valence-electron chi connectivity index (χ0n) is 10.9. The lowest BCUT2D eigenvalue weighted by Crippen LogP contribution is -2.33. The lowest BCUT2D eigenvalue weighted by Gasteiger charge is -2.22. The van der Waals surface area contributed by atoms with Crippen molar-refractivity contribution in [2.24, 2.45) is 0 Å². The summed E-state index contributed by atoms with van der Waals surface area (Å²) in [6.45, 7) is 0.611. The van der Waals surface area contributed by atoms with E-state index in [1.807, 2.05) is 30.3 Å². The Bertz CT molecular complexity index is 575. The van der Waals surface area contributed by atoms with E-state index >= 15 is 0 Å². The summed E-state index contributed by atoms with van der Waals surface area (Å²) < 4.78 is 0. The number of nitrogens with zero attached hydrogens (tertiary/aromatic N) is 2. The standard InChI is InChI=1S/C15H15ClN2O2/c16-14-8-13(9-17-10-14)15(20)18(6-7-19)11-12-4-2-1-3-5-12/h1-5,8-10,19H,6-7,11H2. The van der Waals surface area contributed by atoms with Gasteiger partial charge in [-0.1, -0.05) is 41.9 Å². The first-order chi connectivity index (χ1) is 9.70. The molecular formula is C15H15ClN2O2. The highest BCUT2D eigenvalue weighted by Gasteiger charge is 2.16. The second-order valence-corrected chi connectivity index (χ2v) is 4.76. The first-order valence-corrected chi connectivity index (χ1v) is 6.63. The number of carbonyl (C=O) groups is 1. The summed E-state index contributed by atoms with van der Waals surface area (Å²) in [7, 11) is 0. The summed E-state index contributed by atoms with van der Waals surface area (Å²) in [5.41, 5.74) is 1.42. The Morgan fingerprint density at radius 2 is 2.00 bits per heavy atom. The SMILES string of the molecule is O=C(c1cncc(Cl)c1)N(CCO)Cc1ccccc1. The predicted molar refractivity (Wildman–Crippen MR) is 77.5 cm³/mol. The largest absolute Gasteiger partial charge is 0.395 e. The van der Waals surface area contributed by atoms with Crippen molar-refractivity contribution in [2.75, 3.05) is 13.2 Å². The molecule has 1 aromatic carbocycles. The van der Waals surface area contributed by atoms with Crippen molar-refractivity contribution < 1.29 is 9.90 Å². The van der Waals surface area contributed by atoms with Crippen LogP contribution in [0.2, 0.25) is 5.02 Å². The third-order valence-corrected chi connectivity index (χ3v) is 3.03. The van der Waals surface area contributed by atoms with Crippen LogP contribution in [0.1, 0.15) is 15.9 Å². The Kier molecular flexibility index (Phi) is 5.09. The van der Waals surface area contributed by atoms with E-state index in [1.165, 1.54) is 12.4 Å². The summed E-state index contributed by atoms with van der Waals surface area (Å²) >= 11 is 5.85. The van der Waals surface area contributed by atoms with Gasteiger partial charge in [-0.05, 0) is 11.6 Å². The molecule has 0 aliphatic carbocycles. The molecule has 0 aliphatic heterocycles. The van der Waals surface area contributed by atoms with E-state index < -0.39 is 0 Å². The molecule has 0 aliphatic rings. The maximum Gasteiger partial charge on any atom is 0.255 e. The summed E-state index contributed by atoms with van der Waals surface area (Å²) in [6.07, 6.45) is 2.95. The van der Waals surface area contributed by atoms with Gasteiger partial charge in [-0.2, -0.15) is 0 Å². The molecule has 20 heavy (non-hydrogen) atoms. The molecular weight excluding hydrogens is 276 g/mol. The van der Waals surface area contributed by atoms with Crippen LogP contribution >= 0.6 is 11.6 Å². The van der Waals surface area contributed by atoms with E-state index in [0.717, 1.165) is 5.56 Å². The zero-order chi connectivity index (χ0) is 14.4. The van der Waals surface area contributed by atoms with Crippen LogP contribution in [0.3, 0.4) is 0 Å². The molecule has 0 fully saturated rings. The summed E-state index contributed by atoms with van der Waals surface area (Å²) in [6, 6.07) is 11.2. The third-order valence-electron chi connectivity index (χ3n) is 2.83. The Morgan fingerprint density at radius 3 is 2.65 bits per heavy atom. The van der Waals surface area contributed by atoms with Crippen LogP contribution in [-0.2, 0) is 6.54 Å². The summed E-state index contributed by atoms with van der Waals surface area (Å²) in [5.74, 6) is -0.196. The average molecular weight is 291 g/mol. The minimum Gasteiger partial charge on any atom is -0.395 e. The van der Waals surface area contributed by atoms with Crippen molar-refractivity contribution in [1.29, 1.82) is 0 Å². The molecule has 5 heteroatoms. The molecule has 1 aromatic heterocycles. The van der Waals surface area contributed by atoms with Crippen molar-refractivity contribution in [2.45, 2.75) is 6.54 Å². The fraction of sp³-hybridized carbons (Fsp3) is 0.200. The first-order valence-electron chi connectivity index (χ1n) is 6.25. The Hall–Kier alpha value is -1.91. The number of pyridine rings is 1. The molecule has 104 valence electrons. The van der Waals surface area contributed by atoms with E-state index in [9.17, 15) is 4.79 Å². The number of halogens is 1. The Labute approximate surface area is 122 Å². The third kappa shape index (κ3) is 3.79. The highest BCUT2D eigenvalue weighted by atomic mass is 35.5. The monoisotopic (exact) mass is 290 g/mol. The van der Waals surface area contributed by atoms with Gasteiger partial charge in [-0.25, -0.2) is 0 Å². The minimum atomic E-state index is -0.196. The van der Waals surface area contributed by atoms with Crippen molar-refractivity contribution in [3.63, 3.8) is 0 Å². The van der Waals surface area contributed by atoms with Crippen LogP contribution < -0.4 is 0 Å².